The Bertz CT molecular complexity index is 422. The number of aliphatic hydroxyl groups is 1. The van der Waals surface area contributed by atoms with Gasteiger partial charge in [-0.1, -0.05) is 25.0 Å². The highest BCUT2D eigenvalue weighted by Crippen LogP contribution is 2.24. The van der Waals surface area contributed by atoms with Gasteiger partial charge in [0.1, 0.15) is 0 Å². The molecule has 0 spiro atoms. The SMILES string of the molecule is O=C(NC1CCCCC1CO)c1ccccc1S. The Kier molecular flexibility index (Phi) is 4.66. The Morgan fingerprint density at radius 1 is 1.33 bits per heavy atom. The summed E-state index contributed by atoms with van der Waals surface area (Å²) < 4.78 is 0. The summed E-state index contributed by atoms with van der Waals surface area (Å²) >= 11 is 4.29. The van der Waals surface area contributed by atoms with E-state index in [1.807, 2.05) is 18.2 Å². The molecule has 0 saturated heterocycles. The molecule has 1 amide bonds. The minimum atomic E-state index is -0.0917. The van der Waals surface area contributed by atoms with Gasteiger partial charge in [-0.25, -0.2) is 0 Å². The molecule has 0 radical (unpaired) electrons. The lowest BCUT2D eigenvalue weighted by Gasteiger charge is -2.31. The molecule has 98 valence electrons. The van der Waals surface area contributed by atoms with Gasteiger partial charge in [0, 0.05) is 23.5 Å². The Morgan fingerprint density at radius 3 is 2.78 bits per heavy atom. The lowest BCUT2D eigenvalue weighted by molar-refractivity contribution is 0.0870. The molecule has 4 heteroatoms. The second-order valence-electron chi connectivity index (χ2n) is 4.82. The molecule has 3 nitrogen and oxygen atoms in total. The van der Waals surface area contributed by atoms with Crippen molar-refractivity contribution >= 4 is 18.5 Å². The smallest absolute Gasteiger partial charge is 0.252 e. The van der Waals surface area contributed by atoms with E-state index >= 15 is 0 Å². The molecule has 1 fully saturated rings. The Hall–Kier alpha value is -1.00. The summed E-state index contributed by atoms with van der Waals surface area (Å²) in [5.41, 5.74) is 0.600. The van der Waals surface area contributed by atoms with Crippen LogP contribution in [0.1, 0.15) is 36.0 Å². The molecule has 0 heterocycles. The van der Waals surface area contributed by atoms with Crippen LogP contribution in [-0.2, 0) is 0 Å². The van der Waals surface area contributed by atoms with Gasteiger partial charge in [-0.3, -0.25) is 4.79 Å². The van der Waals surface area contributed by atoms with E-state index in [0.717, 1.165) is 25.7 Å². The zero-order valence-electron chi connectivity index (χ0n) is 10.3. The molecular weight excluding hydrogens is 246 g/mol. The molecule has 18 heavy (non-hydrogen) atoms. The number of thiol groups is 1. The summed E-state index contributed by atoms with van der Waals surface area (Å²) in [6, 6.07) is 7.36. The molecule has 1 saturated carbocycles. The highest BCUT2D eigenvalue weighted by Gasteiger charge is 2.26. The molecule has 1 aliphatic carbocycles. The van der Waals surface area contributed by atoms with E-state index in [9.17, 15) is 9.90 Å². The first-order valence-corrected chi connectivity index (χ1v) is 6.87. The molecule has 2 rings (SSSR count). The van der Waals surface area contributed by atoms with Crippen LogP contribution < -0.4 is 5.32 Å². The van der Waals surface area contributed by atoms with Crippen molar-refractivity contribution in [2.45, 2.75) is 36.6 Å². The predicted molar refractivity (Wildman–Crippen MR) is 74.0 cm³/mol. The van der Waals surface area contributed by atoms with Gasteiger partial charge in [-0.15, -0.1) is 12.6 Å². The van der Waals surface area contributed by atoms with Crippen molar-refractivity contribution in [3.05, 3.63) is 29.8 Å². The van der Waals surface area contributed by atoms with Crippen molar-refractivity contribution in [1.82, 2.24) is 5.32 Å². The lowest BCUT2D eigenvalue weighted by Crippen LogP contribution is -2.43. The number of carbonyl (C=O) groups is 1. The quantitative estimate of drug-likeness (QED) is 0.734. The average molecular weight is 265 g/mol. The van der Waals surface area contributed by atoms with E-state index in [1.54, 1.807) is 6.07 Å². The summed E-state index contributed by atoms with van der Waals surface area (Å²) in [5.74, 6) is 0.0979. The minimum Gasteiger partial charge on any atom is -0.396 e. The summed E-state index contributed by atoms with van der Waals surface area (Å²) in [6.45, 7) is 0.146. The van der Waals surface area contributed by atoms with Crippen LogP contribution in [0.5, 0.6) is 0 Å². The topological polar surface area (TPSA) is 49.3 Å². The standard InChI is InChI=1S/C14H19NO2S/c16-9-10-5-1-3-7-12(10)15-14(17)11-6-2-4-8-13(11)18/h2,4,6,8,10,12,16,18H,1,3,5,7,9H2,(H,15,17). The second kappa shape index (κ2) is 6.25. The van der Waals surface area contributed by atoms with Gasteiger partial charge in [-0.2, -0.15) is 0 Å². The van der Waals surface area contributed by atoms with Crippen molar-refractivity contribution in [3.63, 3.8) is 0 Å². The van der Waals surface area contributed by atoms with Crippen LogP contribution in [0.3, 0.4) is 0 Å². The average Bonchev–Trinajstić information content (AvgIpc) is 2.39. The number of amides is 1. The number of benzene rings is 1. The van der Waals surface area contributed by atoms with Crippen molar-refractivity contribution in [2.24, 2.45) is 5.92 Å². The van der Waals surface area contributed by atoms with Gasteiger partial charge in [0.05, 0.1) is 5.56 Å². The second-order valence-corrected chi connectivity index (χ2v) is 5.31. The predicted octanol–water partition coefficient (Wildman–Crippen LogP) is 2.26. The summed E-state index contributed by atoms with van der Waals surface area (Å²) in [6.07, 6.45) is 4.19. The fraction of sp³-hybridized carbons (Fsp3) is 0.500. The molecular formula is C14H19NO2S. The van der Waals surface area contributed by atoms with Gasteiger partial charge in [0.25, 0.3) is 5.91 Å². The molecule has 2 N–H and O–H groups in total. The number of rotatable bonds is 3. The number of hydrogen-bond acceptors (Lipinski definition) is 3. The van der Waals surface area contributed by atoms with Crippen LogP contribution in [0.4, 0.5) is 0 Å². The van der Waals surface area contributed by atoms with Crippen LogP contribution in [0.15, 0.2) is 29.2 Å². The lowest BCUT2D eigenvalue weighted by atomic mass is 9.85. The zero-order valence-corrected chi connectivity index (χ0v) is 11.2. The zero-order chi connectivity index (χ0) is 13.0. The molecule has 0 bridgehead atoms. The normalized spacial score (nSPS) is 23.7. The van der Waals surface area contributed by atoms with Crippen molar-refractivity contribution in [1.29, 1.82) is 0 Å². The number of hydrogen-bond donors (Lipinski definition) is 3. The molecule has 0 aliphatic heterocycles. The van der Waals surface area contributed by atoms with Crippen LogP contribution in [0, 0.1) is 5.92 Å². The summed E-state index contributed by atoms with van der Waals surface area (Å²) in [4.78, 5) is 12.8. The maximum atomic E-state index is 12.2. The van der Waals surface area contributed by atoms with E-state index in [-0.39, 0.29) is 24.5 Å². The fourth-order valence-electron chi connectivity index (χ4n) is 2.53. The van der Waals surface area contributed by atoms with E-state index in [1.165, 1.54) is 0 Å². The van der Waals surface area contributed by atoms with Crippen molar-refractivity contribution in [2.75, 3.05) is 6.61 Å². The Morgan fingerprint density at radius 2 is 2.06 bits per heavy atom. The highest BCUT2D eigenvalue weighted by atomic mass is 32.1. The maximum Gasteiger partial charge on any atom is 0.252 e. The number of carbonyl (C=O) groups excluding carboxylic acids is 1. The van der Waals surface area contributed by atoms with Crippen LogP contribution in [-0.4, -0.2) is 23.7 Å². The van der Waals surface area contributed by atoms with E-state index in [2.05, 4.69) is 17.9 Å². The molecule has 0 aromatic heterocycles. The maximum absolute atomic E-state index is 12.2. The van der Waals surface area contributed by atoms with Crippen LogP contribution in [0.25, 0.3) is 0 Å². The van der Waals surface area contributed by atoms with Crippen LogP contribution >= 0.6 is 12.6 Å². The minimum absolute atomic E-state index is 0.0872. The third-order valence-electron chi connectivity index (χ3n) is 3.61. The van der Waals surface area contributed by atoms with Crippen LogP contribution in [0.2, 0.25) is 0 Å². The third-order valence-corrected chi connectivity index (χ3v) is 4.00. The number of nitrogens with one attached hydrogen (secondary N) is 1. The van der Waals surface area contributed by atoms with E-state index in [4.69, 9.17) is 0 Å². The molecule has 2 atom stereocenters. The van der Waals surface area contributed by atoms with Gasteiger partial charge >= 0.3 is 0 Å². The summed E-state index contributed by atoms with van der Waals surface area (Å²) in [7, 11) is 0. The van der Waals surface area contributed by atoms with E-state index in [0.29, 0.717) is 10.5 Å². The van der Waals surface area contributed by atoms with Gasteiger partial charge < -0.3 is 10.4 Å². The van der Waals surface area contributed by atoms with Crippen molar-refractivity contribution in [3.8, 4) is 0 Å². The van der Waals surface area contributed by atoms with Crippen molar-refractivity contribution < 1.29 is 9.90 Å². The monoisotopic (exact) mass is 265 g/mol. The molecule has 2 unspecified atom stereocenters. The molecule has 1 aromatic carbocycles. The Balaban J connectivity index is 2.04. The van der Waals surface area contributed by atoms with Gasteiger partial charge in [0.2, 0.25) is 0 Å². The largest absolute Gasteiger partial charge is 0.396 e. The molecule has 1 aliphatic rings. The first-order chi connectivity index (χ1) is 8.72. The van der Waals surface area contributed by atoms with Gasteiger partial charge in [0.15, 0.2) is 0 Å². The fourth-order valence-corrected chi connectivity index (χ4v) is 2.79. The summed E-state index contributed by atoms with van der Waals surface area (Å²) in [5, 5.41) is 12.4. The Labute approximate surface area is 113 Å². The first kappa shape index (κ1) is 13.4. The third kappa shape index (κ3) is 3.06. The number of aliphatic hydroxyl groups excluding tert-OH is 1. The first-order valence-electron chi connectivity index (χ1n) is 6.42. The van der Waals surface area contributed by atoms with Gasteiger partial charge in [-0.05, 0) is 25.0 Å². The highest BCUT2D eigenvalue weighted by molar-refractivity contribution is 7.80. The molecule has 1 aromatic rings. The van der Waals surface area contributed by atoms with E-state index < -0.39 is 0 Å².